The molecular weight excluding hydrogens is 284 g/mol. The van der Waals surface area contributed by atoms with Crippen molar-refractivity contribution in [2.24, 2.45) is 11.8 Å². The van der Waals surface area contributed by atoms with E-state index in [1.807, 2.05) is 30.3 Å². The molecule has 0 saturated heterocycles. The number of benzene rings is 2. The molecule has 3 heteroatoms. The van der Waals surface area contributed by atoms with Crippen molar-refractivity contribution in [2.45, 2.75) is 27.7 Å². The standard InChI is InChI=1S/C18H23ClO2/c1-12(2)10-20-16-6-5-14-8-17(19)18(9-15(14)7-16)21-11-13(3)4/h5-9,12-13H,10-11H2,1-4H3. The minimum Gasteiger partial charge on any atom is -0.493 e. The van der Waals surface area contributed by atoms with Crippen molar-refractivity contribution < 1.29 is 9.47 Å². The van der Waals surface area contributed by atoms with E-state index < -0.39 is 0 Å². The van der Waals surface area contributed by atoms with Crippen LogP contribution in [0.15, 0.2) is 30.3 Å². The van der Waals surface area contributed by atoms with E-state index in [4.69, 9.17) is 21.1 Å². The van der Waals surface area contributed by atoms with Crippen LogP contribution in [0.3, 0.4) is 0 Å². The van der Waals surface area contributed by atoms with Gasteiger partial charge in [0.25, 0.3) is 0 Å². The molecular formula is C18H23ClO2. The summed E-state index contributed by atoms with van der Waals surface area (Å²) < 4.78 is 11.5. The van der Waals surface area contributed by atoms with Crippen molar-refractivity contribution in [1.82, 2.24) is 0 Å². The average molecular weight is 307 g/mol. The predicted molar refractivity (Wildman–Crippen MR) is 89.6 cm³/mol. The summed E-state index contributed by atoms with van der Waals surface area (Å²) in [6.45, 7) is 9.89. The molecule has 2 aromatic carbocycles. The van der Waals surface area contributed by atoms with Crippen LogP contribution in [0.2, 0.25) is 5.02 Å². The van der Waals surface area contributed by atoms with Crippen molar-refractivity contribution >= 4 is 22.4 Å². The molecule has 0 fully saturated rings. The molecule has 0 saturated carbocycles. The van der Waals surface area contributed by atoms with Gasteiger partial charge in [-0.05, 0) is 46.9 Å². The van der Waals surface area contributed by atoms with Gasteiger partial charge in [0.2, 0.25) is 0 Å². The van der Waals surface area contributed by atoms with Crippen LogP contribution in [0.5, 0.6) is 11.5 Å². The van der Waals surface area contributed by atoms with Crippen LogP contribution in [-0.4, -0.2) is 13.2 Å². The highest BCUT2D eigenvalue weighted by molar-refractivity contribution is 6.32. The van der Waals surface area contributed by atoms with Gasteiger partial charge in [0.1, 0.15) is 11.5 Å². The van der Waals surface area contributed by atoms with E-state index in [1.165, 1.54) is 0 Å². The number of hydrogen-bond donors (Lipinski definition) is 0. The second-order valence-electron chi connectivity index (χ2n) is 6.20. The van der Waals surface area contributed by atoms with Crippen molar-refractivity contribution in [3.05, 3.63) is 35.4 Å². The zero-order valence-corrected chi connectivity index (χ0v) is 13.9. The first-order chi connectivity index (χ1) is 9.95. The summed E-state index contributed by atoms with van der Waals surface area (Å²) in [6.07, 6.45) is 0. The first-order valence-electron chi connectivity index (χ1n) is 7.44. The molecule has 0 bridgehead atoms. The van der Waals surface area contributed by atoms with E-state index in [0.29, 0.717) is 23.5 Å². The van der Waals surface area contributed by atoms with Gasteiger partial charge in [-0.2, -0.15) is 0 Å². The maximum atomic E-state index is 6.27. The van der Waals surface area contributed by atoms with Crippen LogP contribution in [0.25, 0.3) is 10.8 Å². The second kappa shape index (κ2) is 7.04. The highest BCUT2D eigenvalue weighted by atomic mass is 35.5. The Kier molecular flexibility index (Phi) is 5.35. The first kappa shape index (κ1) is 16.0. The Morgan fingerprint density at radius 2 is 1.52 bits per heavy atom. The zero-order valence-electron chi connectivity index (χ0n) is 13.2. The summed E-state index contributed by atoms with van der Waals surface area (Å²) in [7, 11) is 0. The Hall–Kier alpha value is -1.41. The van der Waals surface area contributed by atoms with E-state index in [1.54, 1.807) is 0 Å². The molecule has 0 N–H and O–H groups in total. The summed E-state index contributed by atoms with van der Waals surface area (Å²) in [5.74, 6) is 2.60. The van der Waals surface area contributed by atoms with Gasteiger partial charge in [0.05, 0.1) is 18.2 Å². The maximum Gasteiger partial charge on any atom is 0.138 e. The van der Waals surface area contributed by atoms with E-state index in [-0.39, 0.29) is 0 Å². The van der Waals surface area contributed by atoms with Gasteiger partial charge in [-0.15, -0.1) is 0 Å². The molecule has 2 nitrogen and oxygen atoms in total. The fourth-order valence-electron chi connectivity index (χ4n) is 1.95. The molecule has 2 rings (SSSR count). The number of hydrogen-bond acceptors (Lipinski definition) is 2. The lowest BCUT2D eigenvalue weighted by molar-refractivity contribution is 0.270. The fraction of sp³-hybridized carbons (Fsp3) is 0.444. The Labute approximate surface area is 132 Å². The molecule has 0 heterocycles. The van der Waals surface area contributed by atoms with Crippen molar-refractivity contribution in [3.8, 4) is 11.5 Å². The lowest BCUT2D eigenvalue weighted by atomic mass is 10.1. The largest absolute Gasteiger partial charge is 0.493 e. The topological polar surface area (TPSA) is 18.5 Å². The van der Waals surface area contributed by atoms with Gasteiger partial charge in [-0.3, -0.25) is 0 Å². The van der Waals surface area contributed by atoms with Gasteiger partial charge >= 0.3 is 0 Å². The number of rotatable bonds is 6. The van der Waals surface area contributed by atoms with Crippen molar-refractivity contribution in [3.63, 3.8) is 0 Å². The van der Waals surface area contributed by atoms with Gasteiger partial charge < -0.3 is 9.47 Å². The minimum absolute atomic E-state index is 0.470. The van der Waals surface area contributed by atoms with Crippen LogP contribution in [0.4, 0.5) is 0 Å². The molecule has 114 valence electrons. The van der Waals surface area contributed by atoms with E-state index in [0.717, 1.165) is 28.9 Å². The molecule has 0 radical (unpaired) electrons. The van der Waals surface area contributed by atoms with Gasteiger partial charge in [-0.25, -0.2) is 0 Å². The van der Waals surface area contributed by atoms with Crippen molar-refractivity contribution in [1.29, 1.82) is 0 Å². The number of halogens is 1. The third kappa shape index (κ3) is 4.53. The van der Waals surface area contributed by atoms with E-state index >= 15 is 0 Å². The fourth-order valence-corrected chi connectivity index (χ4v) is 2.17. The first-order valence-corrected chi connectivity index (χ1v) is 7.82. The molecule has 0 aromatic heterocycles. The summed E-state index contributed by atoms with van der Waals surface area (Å²) in [5, 5.41) is 2.83. The second-order valence-corrected chi connectivity index (χ2v) is 6.61. The number of ether oxygens (including phenoxy) is 2. The van der Waals surface area contributed by atoms with Gasteiger partial charge in [0.15, 0.2) is 0 Å². The lowest BCUT2D eigenvalue weighted by Crippen LogP contribution is -2.05. The quantitative estimate of drug-likeness (QED) is 0.695. The molecule has 0 aliphatic carbocycles. The van der Waals surface area contributed by atoms with Gasteiger partial charge in [-0.1, -0.05) is 45.4 Å². The molecule has 0 atom stereocenters. The lowest BCUT2D eigenvalue weighted by Gasteiger charge is -2.13. The Morgan fingerprint density at radius 3 is 2.19 bits per heavy atom. The molecule has 0 unspecified atom stereocenters. The van der Waals surface area contributed by atoms with Crippen LogP contribution in [0, 0.1) is 11.8 Å². The summed E-state index contributed by atoms with van der Waals surface area (Å²) in [5.41, 5.74) is 0. The molecule has 0 amide bonds. The van der Waals surface area contributed by atoms with Crippen LogP contribution in [-0.2, 0) is 0 Å². The Morgan fingerprint density at radius 1 is 0.857 bits per heavy atom. The molecule has 21 heavy (non-hydrogen) atoms. The smallest absolute Gasteiger partial charge is 0.138 e. The van der Waals surface area contributed by atoms with E-state index in [9.17, 15) is 0 Å². The Bertz CT molecular complexity index is 605. The van der Waals surface area contributed by atoms with Crippen LogP contribution >= 0.6 is 11.6 Å². The van der Waals surface area contributed by atoms with E-state index in [2.05, 4.69) is 27.7 Å². The molecule has 0 spiro atoms. The minimum atomic E-state index is 0.470. The maximum absolute atomic E-state index is 6.27. The third-order valence-corrected chi connectivity index (χ3v) is 3.31. The highest BCUT2D eigenvalue weighted by Gasteiger charge is 2.07. The van der Waals surface area contributed by atoms with Crippen LogP contribution in [0.1, 0.15) is 27.7 Å². The molecule has 2 aromatic rings. The Balaban J connectivity index is 2.25. The average Bonchev–Trinajstić information content (AvgIpc) is 2.42. The third-order valence-electron chi connectivity index (χ3n) is 3.02. The normalized spacial score (nSPS) is 11.4. The number of fused-ring (bicyclic) bond motifs is 1. The monoisotopic (exact) mass is 306 g/mol. The van der Waals surface area contributed by atoms with Crippen LogP contribution < -0.4 is 9.47 Å². The molecule has 0 aliphatic rings. The SMILES string of the molecule is CC(C)COc1ccc2cc(Cl)c(OCC(C)C)cc2c1. The van der Waals surface area contributed by atoms with Crippen molar-refractivity contribution in [2.75, 3.05) is 13.2 Å². The summed E-state index contributed by atoms with van der Waals surface area (Å²) in [4.78, 5) is 0. The zero-order chi connectivity index (χ0) is 15.4. The summed E-state index contributed by atoms with van der Waals surface area (Å²) in [6, 6.07) is 9.98. The predicted octanol–water partition coefficient (Wildman–Crippen LogP) is 5.56. The van der Waals surface area contributed by atoms with Gasteiger partial charge in [0, 0.05) is 0 Å². The summed E-state index contributed by atoms with van der Waals surface area (Å²) >= 11 is 6.27. The highest BCUT2D eigenvalue weighted by Crippen LogP contribution is 2.32. The molecule has 0 aliphatic heterocycles.